The average molecular weight is 264 g/mol. The molecule has 0 fully saturated rings. The van der Waals surface area contributed by atoms with Crippen LogP contribution < -0.4 is 16.4 Å². The summed E-state index contributed by atoms with van der Waals surface area (Å²) in [7, 11) is 3.95. The summed E-state index contributed by atoms with van der Waals surface area (Å²) >= 11 is 6.16. The Morgan fingerprint density at radius 3 is 2.44 bits per heavy atom. The Bertz CT molecular complexity index is 329. The zero-order valence-electron chi connectivity index (χ0n) is 9.61. The Balaban J connectivity index is 0.00000225. The zero-order valence-corrected chi connectivity index (χ0v) is 11.2. The molecule has 0 bridgehead atoms. The van der Waals surface area contributed by atoms with Crippen LogP contribution in [0.3, 0.4) is 0 Å². The molecule has 0 aliphatic heterocycles. The fourth-order valence-electron chi connectivity index (χ4n) is 1.43. The second-order valence-corrected chi connectivity index (χ2v) is 4.19. The van der Waals surface area contributed by atoms with Crippen LogP contribution >= 0.6 is 24.0 Å². The third-order valence-electron chi connectivity index (χ3n) is 2.38. The van der Waals surface area contributed by atoms with Crippen molar-refractivity contribution in [3.05, 3.63) is 28.8 Å². The van der Waals surface area contributed by atoms with Gasteiger partial charge in [-0.3, -0.25) is 0 Å². The first-order valence-corrected chi connectivity index (χ1v) is 5.36. The van der Waals surface area contributed by atoms with Gasteiger partial charge < -0.3 is 16.4 Å². The molecule has 0 aliphatic rings. The summed E-state index contributed by atoms with van der Waals surface area (Å²) in [5.41, 5.74) is 13.5. The predicted molar refractivity (Wildman–Crippen MR) is 73.6 cm³/mol. The van der Waals surface area contributed by atoms with Crippen molar-refractivity contribution in [1.82, 2.24) is 0 Å². The lowest BCUT2D eigenvalue weighted by atomic mass is 10.0. The zero-order chi connectivity index (χ0) is 11.4. The van der Waals surface area contributed by atoms with E-state index in [0.717, 1.165) is 17.7 Å². The quantitative estimate of drug-likeness (QED) is 0.876. The van der Waals surface area contributed by atoms with Crippen LogP contribution in [-0.4, -0.2) is 20.6 Å². The molecule has 1 aromatic carbocycles. The van der Waals surface area contributed by atoms with E-state index in [1.54, 1.807) is 0 Å². The Labute approximate surface area is 108 Å². The second-order valence-electron chi connectivity index (χ2n) is 3.78. The van der Waals surface area contributed by atoms with E-state index in [0.29, 0.717) is 11.6 Å². The number of rotatable bonds is 4. The van der Waals surface area contributed by atoms with Crippen molar-refractivity contribution in [2.75, 3.05) is 25.5 Å². The van der Waals surface area contributed by atoms with Gasteiger partial charge in [0.05, 0.1) is 0 Å². The molecule has 16 heavy (non-hydrogen) atoms. The largest absolute Gasteiger partial charge is 0.378 e. The first kappa shape index (κ1) is 15.5. The number of benzene rings is 1. The summed E-state index contributed by atoms with van der Waals surface area (Å²) in [6, 6.07) is 5.83. The molecular weight excluding hydrogens is 245 g/mol. The molecule has 0 spiro atoms. The molecule has 4 N–H and O–H groups in total. The van der Waals surface area contributed by atoms with Gasteiger partial charge in [0.2, 0.25) is 0 Å². The predicted octanol–water partition coefficient (Wildman–Crippen LogP) is 2.18. The van der Waals surface area contributed by atoms with E-state index in [1.807, 2.05) is 37.2 Å². The minimum absolute atomic E-state index is 0. The molecule has 0 aliphatic carbocycles. The van der Waals surface area contributed by atoms with Gasteiger partial charge in [0.15, 0.2) is 0 Å². The van der Waals surface area contributed by atoms with Crippen LogP contribution in [0.15, 0.2) is 18.2 Å². The molecule has 0 aromatic heterocycles. The summed E-state index contributed by atoms with van der Waals surface area (Å²) in [6.45, 7) is 0.576. The van der Waals surface area contributed by atoms with E-state index < -0.39 is 0 Å². The Morgan fingerprint density at radius 2 is 2.00 bits per heavy atom. The van der Waals surface area contributed by atoms with E-state index in [9.17, 15) is 0 Å². The highest BCUT2D eigenvalue weighted by molar-refractivity contribution is 6.31. The lowest BCUT2D eigenvalue weighted by Gasteiger charge is -2.17. The van der Waals surface area contributed by atoms with E-state index in [-0.39, 0.29) is 18.4 Å². The molecular formula is C11H19Cl2N3. The van der Waals surface area contributed by atoms with Crippen LogP contribution in [0.5, 0.6) is 0 Å². The van der Waals surface area contributed by atoms with Gasteiger partial charge in [0.1, 0.15) is 0 Å². The third kappa shape index (κ3) is 3.83. The number of hydrogen-bond donors (Lipinski definition) is 2. The SMILES string of the molecule is CN(C)c1ccc([C@@H](N)CCN)c(Cl)c1.Cl. The van der Waals surface area contributed by atoms with Crippen molar-refractivity contribution >= 4 is 29.7 Å². The van der Waals surface area contributed by atoms with Gasteiger partial charge in [-0.15, -0.1) is 12.4 Å². The van der Waals surface area contributed by atoms with Crippen molar-refractivity contribution in [1.29, 1.82) is 0 Å². The number of nitrogens with two attached hydrogens (primary N) is 2. The number of anilines is 1. The van der Waals surface area contributed by atoms with E-state index in [1.165, 1.54) is 0 Å². The fourth-order valence-corrected chi connectivity index (χ4v) is 1.74. The summed E-state index contributed by atoms with van der Waals surface area (Å²) < 4.78 is 0. The van der Waals surface area contributed by atoms with E-state index in [4.69, 9.17) is 23.1 Å². The van der Waals surface area contributed by atoms with Crippen LogP contribution in [0.4, 0.5) is 5.69 Å². The summed E-state index contributed by atoms with van der Waals surface area (Å²) in [5.74, 6) is 0. The standard InChI is InChI=1S/C11H18ClN3.ClH/c1-15(2)8-3-4-9(10(12)7-8)11(14)5-6-13;/h3-4,7,11H,5-6,13-14H2,1-2H3;1H/t11-;/m0./s1. The molecule has 0 radical (unpaired) electrons. The van der Waals surface area contributed by atoms with Crippen LogP contribution in [-0.2, 0) is 0 Å². The molecule has 1 atom stereocenters. The normalized spacial score (nSPS) is 11.8. The number of halogens is 2. The highest BCUT2D eigenvalue weighted by Gasteiger charge is 2.10. The lowest BCUT2D eigenvalue weighted by Crippen LogP contribution is -2.16. The third-order valence-corrected chi connectivity index (χ3v) is 2.70. The monoisotopic (exact) mass is 263 g/mol. The van der Waals surface area contributed by atoms with Gasteiger partial charge in [-0.05, 0) is 30.7 Å². The van der Waals surface area contributed by atoms with Gasteiger partial charge in [-0.1, -0.05) is 17.7 Å². The molecule has 0 saturated carbocycles. The van der Waals surface area contributed by atoms with Crippen molar-refractivity contribution in [2.24, 2.45) is 11.5 Å². The Hall–Kier alpha value is -0.480. The van der Waals surface area contributed by atoms with Crippen LogP contribution in [0.1, 0.15) is 18.0 Å². The first-order chi connectivity index (χ1) is 7.06. The average Bonchev–Trinajstić information content (AvgIpc) is 2.17. The van der Waals surface area contributed by atoms with Gasteiger partial charge in [-0.2, -0.15) is 0 Å². The highest BCUT2D eigenvalue weighted by atomic mass is 35.5. The molecule has 1 rings (SSSR count). The topological polar surface area (TPSA) is 55.3 Å². The van der Waals surface area contributed by atoms with Gasteiger partial charge in [-0.25, -0.2) is 0 Å². The minimum Gasteiger partial charge on any atom is -0.378 e. The molecule has 0 saturated heterocycles. The van der Waals surface area contributed by atoms with Crippen LogP contribution in [0, 0.1) is 0 Å². The van der Waals surface area contributed by atoms with Crippen molar-refractivity contribution in [2.45, 2.75) is 12.5 Å². The van der Waals surface area contributed by atoms with Crippen LogP contribution in [0.25, 0.3) is 0 Å². The van der Waals surface area contributed by atoms with Crippen LogP contribution in [0.2, 0.25) is 5.02 Å². The Kier molecular flexibility index (Phi) is 6.76. The molecule has 1 aromatic rings. The van der Waals surface area contributed by atoms with E-state index >= 15 is 0 Å². The van der Waals surface area contributed by atoms with E-state index in [2.05, 4.69) is 0 Å². The molecule has 0 unspecified atom stereocenters. The summed E-state index contributed by atoms with van der Waals surface area (Å²) in [4.78, 5) is 2.00. The summed E-state index contributed by atoms with van der Waals surface area (Å²) in [6.07, 6.45) is 0.751. The maximum absolute atomic E-state index is 6.16. The smallest absolute Gasteiger partial charge is 0.0474 e. The van der Waals surface area contributed by atoms with Crippen molar-refractivity contribution < 1.29 is 0 Å². The lowest BCUT2D eigenvalue weighted by molar-refractivity contribution is 0.661. The van der Waals surface area contributed by atoms with Gasteiger partial charge in [0.25, 0.3) is 0 Å². The van der Waals surface area contributed by atoms with Gasteiger partial charge in [0, 0.05) is 30.8 Å². The number of hydrogen-bond acceptors (Lipinski definition) is 3. The Morgan fingerprint density at radius 1 is 1.38 bits per heavy atom. The number of nitrogens with zero attached hydrogens (tertiary/aromatic N) is 1. The molecule has 92 valence electrons. The minimum atomic E-state index is -0.0706. The first-order valence-electron chi connectivity index (χ1n) is 4.98. The summed E-state index contributed by atoms with van der Waals surface area (Å²) in [5, 5.41) is 0.710. The highest BCUT2D eigenvalue weighted by Crippen LogP contribution is 2.27. The molecule has 0 heterocycles. The molecule has 5 heteroatoms. The molecule has 0 amide bonds. The molecule has 3 nitrogen and oxygen atoms in total. The maximum atomic E-state index is 6.16. The van der Waals surface area contributed by atoms with Crippen molar-refractivity contribution in [3.63, 3.8) is 0 Å². The fraction of sp³-hybridized carbons (Fsp3) is 0.455. The van der Waals surface area contributed by atoms with Gasteiger partial charge >= 0.3 is 0 Å². The maximum Gasteiger partial charge on any atom is 0.0474 e. The second kappa shape index (κ2) is 6.97. The van der Waals surface area contributed by atoms with Crippen molar-refractivity contribution in [3.8, 4) is 0 Å².